The van der Waals surface area contributed by atoms with Gasteiger partial charge in [-0.15, -0.1) is 10.2 Å². The number of benzene rings is 1. The highest BCUT2D eigenvalue weighted by Gasteiger charge is 2.51. The molecule has 1 aromatic carbocycles. The first kappa shape index (κ1) is 19.3. The van der Waals surface area contributed by atoms with Gasteiger partial charge in [0.25, 0.3) is 5.91 Å². The molecule has 2 saturated heterocycles. The summed E-state index contributed by atoms with van der Waals surface area (Å²) in [5.41, 5.74) is 1.74. The van der Waals surface area contributed by atoms with Gasteiger partial charge in [-0.05, 0) is 24.8 Å². The highest BCUT2D eigenvalue weighted by Crippen LogP contribution is 2.49. The fourth-order valence-electron chi connectivity index (χ4n) is 5.25. The van der Waals surface area contributed by atoms with Crippen molar-refractivity contribution >= 4 is 16.8 Å². The van der Waals surface area contributed by atoms with Crippen LogP contribution in [0.4, 0.5) is 0 Å². The van der Waals surface area contributed by atoms with E-state index in [1.54, 1.807) is 0 Å². The number of rotatable bonds is 4. The Bertz CT molecular complexity index is 1050. The molecule has 7 heteroatoms. The zero-order chi connectivity index (χ0) is 20.7. The molecule has 4 heterocycles. The summed E-state index contributed by atoms with van der Waals surface area (Å²) in [6, 6.07) is 7.98. The van der Waals surface area contributed by atoms with Crippen molar-refractivity contribution in [3.05, 3.63) is 48.2 Å². The Morgan fingerprint density at radius 3 is 2.90 bits per heavy atom. The summed E-state index contributed by atoms with van der Waals surface area (Å²) in [4.78, 5) is 18.8. The summed E-state index contributed by atoms with van der Waals surface area (Å²) >= 11 is 0. The van der Waals surface area contributed by atoms with Crippen molar-refractivity contribution in [3.8, 4) is 0 Å². The maximum absolute atomic E-state index is 13.6. The van der Waals surface area contributed by atoms with E-state index in [4.69, 9.17) is 4.74 Å². The fraction of sp³-hybridized carbons (Fsp3) is 0.522. The second-order valence-electron chi connectivity index (χ2n) is 9.20. The maximum Gasteiger partial charge on any atom is 0.256 e. The van der Waals surface area contributed by atoms with E-state index in [9.17, 15) is 4.79 Å². The van der Waals surface area contributed by atoms with Gasteiger partial charge in [0.2, 0.25) is 0 Å². The molecular formula is C23H29N5O2. The highest BCUT2D eigenvalue weighted by molar-refractivity contribution is 6.06. The first-order chi connectivity index (χ1) is 14.6. The number of aromatic nitrogens is 4. The van der Waals surface area contributed by atoms with E-state index in [-0.39, 0.29) is 17.2 Å². The van der Waals surface area contributed by atoms with Crippen LogP contribution in [-0.2, 0) is 11.3 Å². The van der Waals surface area contributed by atoms with E-state index in [1.807, 2.05) is 41.7 Å². The molecule has 3 aromatic rings. The molecule has 5 rings (SSSR count). The predicted molar refractivity (Wildman–Crippen MR) is 114 cm³/mol. The van der Waals surface area contributed by atoms with E-state index in [0.717, 1.165) is 61.4 Å². The van der Waals surface area contributed by atoms with Gasteiger partial charge in [0.05, 0.1) is 5.56 Å². The Morgan fingerprint density at radius 1 is 1.30 bits per heavy atom. The molecule has 1 spiro atoms. The van der Waals surface area contributed by atoms with Gasteiger partial charge in [-0.2, -0.15) is 0 Å². The first-order valence-corrected chi connectivity index (χ1v) is 10.9. The number of ether oxygens (including phenoxy) is 1. The van der Waals surface area contributed by atoms with Gasteiger partial charge in [0, 0.05) is 61.3 Å². The van der Waals surface area contributed by atoms with Crippen LogP contribution in [0.25, 0.3) is 10.9 Å². The highest BCUT2D eigenvalue weighted by atomic mass is 16.5. The van der Waals surface area contributed by atoms with E-state index in [2.05, 4.69) is 33.6 Å². The number of H-pyrrole nitrogens is 1. The third kappa shape index (κ3) is 3.21. The van der Waals surface area contributed by atoms with Crippen LogP contribution in [0.2, 0.25) is 0 Å². The Morgan fingerprint density at radius 2 is 2.10 bits per heavy atom. The zero-order valence-electron chi connectivity index (χ0n) is 17.7. The predicted octanol–water partition coefficient (Wildman–Crippen LogP) is 3.45. The maximum atomic E-state index is 13.6. The van der Waals surface area contributed by atoms with Gasteiger partial charge in [-0.25, -0.2) is 0 Å². The van der Waals surface area contributed by atoms with Crippen LogP contribution in [-0.4, -0.2) is 56.9 Å². The second kappa shape index (κ2) is 7.54. The molecule has 7 nitrogen and oxygen atoms in total. The number of carbonyl (C=O) groups is 1. The number of para-hydroxylation sites is 1. The summed E-state index contributed by atoms with van der Waals surface area (Å²) in [5.74, 6) is 1.79. The molecule has 1 N–H and O–H groups in total. The van der Waals surface area contributed by atoms with Crippen LogP contribution in [0.15, 0.2) is 36.8 Å². The van der Waals surface area contributed by atoms with Crippen LogP contribution >= 0.6 is 0 Å². The first-order valence-electron chi connectivity index (χ1n) is 10.9. The van der Waals surface area contributed by atoms with Crippen molar-refractivity contribution in [2.24, 2.45) is 11.3 Å². The van der Waals surface area contributed by atoms with Crippen molar-refractivity contribution in [1.29, 1.82) is 0 Å². The molecule has 30 heavy (non-hydrogen) atoms. The lowest BCUT2D eigenvalue weighted by molar-refractivity contribution is 0.0107. The fourth-order valence-corrected chi connectivity index (χ4v) is 5.25. The lowest BCUT2D eigenvalue weighted by Crippen LogP contribution is -2.37. The number of carbonyl (C=O) groups excluding carboxylic acids is 1. The molecule has 0 bridgehead atoms. The standard InChI is InChI=1S/C23H29N5O2/c1-16(2)12-28-15-25-26-21(28)19-13-27(14-23(19)7-9-30-10-8-23)22(29)18-11-24-20-6-4-3-5-17(18)20/h3-6,11,15-16,19,24H,7-10,12-14H2,1-2H3. The Balaban J connectivity index is 1.49. The van der Waals surface area contributed by atoms with Gasteiger partial charge in [0.15, 0.2) is 0 Å². The minimum atomic E-state index is 0.00177. The SMILES string of the molecule is CC(C)Cn1cnnc1C1CN(C(=O)c2c[nH]c3ccccc23)CC12CCOCC2. The number of aromatic amines is 1. The molecule has 1 atom stereocenters. The smallest absolute Gasteiger partial charge is 0.256 e. The topological polar surface area (TPSA) is 76.0 Å². The van der Waals surface area contributed by atoms with Crippen LogP contribution < -0.4 is 0 Å². The summed E-state index contributed by atoms with van der Waals surface area (Å²) in [6.07, 6.45) is 5.58. The Kier molecular flexibility index (Phi) is 4.85. The molecule has 0 radical (unpaired) electrons. The third-order valence-corrected chi connectivity index (χ3v) is 6.76. The van der Waals surface area contributed by atoms with E-state index >= 15 is 0 Å². The van der Waals surface area contributed by atoms with Gasteiger partial charge < -0.3 is 19.2 Å². The minimum Gasteiger partial charge on any atom is -0.381 e. The third-order valence-electron chi connectivity index (χ3n) is 6.76. The second-order valence-corrected chi connectivity index (χ2v) is 9.20. The number of fused-ring (bicyclic) bond motifs is 1. The molecule has 1 amide bonds. The summed E-state index contributed by atoms with van der Waals surface area (Å²) in [7, 11) is 0. The molecule has 0 aliphatic carbocycles. The van der Waals surface area contributed by atoms with Crippen LogP contribution in [0.3, 0.4) is 0 Å². The minimum absolute atomic E-state index is 0.00177. The van der Waals surface area contributed by atoms with Crippen molar-refractivity contribution in [1.82, 2.24) is 24.6 Å². The molecule has 2 aliphatic rings. The molecule has 2 aromatic heterocycles. The van der Waals surface area contributed by atoms with Crippen LogP contribution in [0.5, 0.6) is 0 Å². The van der Waals surface area contributed by atoms with Crippen molar-refractivity contribution in [2.45, 2.75) is 39.2 Å². The molecular weight excluding hydrogens is 378 g/mol. The lowest BCUT2D eigenvalue weighted by Gasteiger charge is -2.37. The van der Waals surface area contributed by atoms with Gasteiger partial charge >= 0.3 is 0 Å². The van der Waals surface area contributed by atoms with E-state index in [1.165, 1.54) is 0 Å². The molecule has 2 fully saturated rings. The number of nitrogens with one attached hydrogen (secondary N) is 1. The average Bonchev–Trinajstić information content (AvgIpc) is 3.45. The van der Waals surface area contributed by atoms with Crippen LogP contribution in [0, 0.1) is 11.3 Å². The van der Waals surface area contributed by atoms with Gasteiger partial charge in [0.1, 0.15) is 12.2 Å². The monoisotopic (exact) mass is 407 g/mol. The molecule has 1 unspecified atom stereocenters. The van der Waals surface area contributed by atoms with Gasteiger partial charge in [-0.1, -0.05) is 32.0 Å². The Hall–Kier alpha value is -2.67. The van der Waals surface area contributed by atoms with Crippen molar-refractivity contribution < 1.29 is 9.53 Å². The number of hydrogen-bond donors (Lipinski definition) is 1. The van der Waals surface area contributed by atoms with E-state index in [0.29, 0.717) is 12.5 Å². The lowest BCUT2D eigenvalue weighted by atomic mass is 9.71. The summed E-state index contributed by atoms with van der Waals surface area (Å²) in [5, 5.41) is 9.75. The Labute approximate surface area is 176 Å². The average molecular weight is 408 g/mol. The number of nitrogens with zero attached hydrogens (tertiary/aromatic N) is 4. The number of likely N-dealkylation sites (tertiary alicyclic amines) is 1. The number of amides is 1. The van der Waals surface area contributed by atoms with Crippen LogP contribution in [0.1, 0.15) is 48.8 Å². The molecule has 0 saturated carbocycles. The van der Waals surface area contributed by atoms with Gasteiger partial charge in [-0.3, -0.25) is 4.79 Å². The molecule has 158 valence electrons. The van der Waals surface area contributed by atoms with E-state index < -0.39 is 0 Å². The summed E-state index contributed by atoms with van der Waals surface area (Å²) < 4.78 is 7.88. The zero-order valence-corrected chi connectivity index (χ0v) is 17.7. The normalized spacial score (nSPS) is 21.2. The summed E-state index contributed by atoms with van der Waals surface area (Å²) in [6.45, 7) is 8.20. The number of hydrogen-bond acceptors (Lipinski definition) is 4. The quantitative estimate of drug-likeness (QED) is 0.719. The largest absolute Gasteiger partial charge is 0.381 e. The molecule has 2 aliphatic heterocycles. The van der Waals surface area contributed by atoms with Crippen molar-refractivity contribution in [2.75, 3.05) is 26.3 Å². The van der Waals surface area contributed by atoms with Crippen molar-refractivity contribution in [3.63, 3.8) is 0 Å².